The Morgan fingerprint density at radius 3 is 2.60 bits per heavy atom. The van der Waals surface area contributed by atoms with Crippen LogP contribution in [-0.2, 0) is 25.9 Å². The zero-order valence-corrected chi connectivity index (χ0v) is 12.4. The molecule has 1 aromatic heterocycles. The van der Waals surface area contributed by atoms with Crippen LogP contribution in [0.1, 0.15) is 37.2 Å². The molecule has 2 N–H and O–H groups in total. The Morgan fingerprint density at radius 1 is 1.20 bits per heavy atom. The molecule has 1 heterocycles. The Bertz CT molecular complexity index is 517. The van der Waals surface area contributed by atoms with Crippen LogP contribution in [0.3, 0.4) is 0 Å². The van der Waals surface area contributed by atoms with Crippen molar-refractivity contribution in [3.05, 3.63) is 47.3 Å². The summed E-state index contributed by atoms with van der Waals surface area (Å²) in [7, 11) is 0. The van der Waals surface area contributed by atoms with Crippen molar-refractivity contribution in [1.29, 1.82) is 0 Å². The number of aryl methyl sites for hydroxylation is 2. The van der Waals surface area contributed by atoms with E-state index in [9.17, 15) is 0 Å². The first-order valence-corrected chi connectivity index (χ1v) is 7.36. The molecule has 0 saturated heterocycles. The van der Waals surface area contributed by atoms with Crippen LogP contribution in [0.2, 0.25) is 0 Å². The number of hydrogen-bond donors (Lipinski definition) is 1. The molecule has 2 rings (SSSR count). The lowest BCUT2D eigenvalue weighted by atomic mass is 10.1. The summed E-state index contributed by atoms with van der Waals surface area (Å²) in [5, 5.41) is 8.46. The molecule has 108 valence electrons. The van der Waals surface area contributed by atoms with Crippen LogP contribution in [0.5, 0.6) is 0 Å². The lowest BCUT2D eigenvalue weighted by Gasteiger charge is -2.10. The van der Waals surface area contributed by atoms with Gasteiger partial charge >= 0.3 is 0 Å². The molecule has 0 bridgehead atoms. The van der Waals surface area contributed by atoms with Crippen molar-refractivity contribution in [2.75, 3.05) is 0 Å². The van der Waals surface area contributed by atoms with Gasteiger partial charge in [-0.15, -0.1) is 5.10 Å². The van der Waals surface area contributed by atoms with Crippen molar-refractivity contribution in [1.82, 2.24) is 15.0 Å². The minimum Gasteiger partial charge on any atom is -0.325 e. The van der Waals surface area contributed by atoms with Gasteiger partial charge in [-0.25, -0.2) is 4.68 Å². The van der Waals surface area contributed by atoms with Gasteiger partial charge in [0.1, 0.15) is 0 Å². The lowest BCUT2D eigenvalue weighted by Crippen LogP contribution is -2.11. The van der Waals surface area contributed by atoms with Gasteiger partial charge in [0.25, 0.3) is 0 Å². The van der Waals surface area contributed by atoms with E-state index in [1.807, 2.05) is 4.68 Å². The molecule has 4 heteroatoms. The zero-order chi connectivity index (χ0) is 14.4. The van der Waals surface area contributed by atoms with Gasteiger partial charge in [0.2, 0.25) is 0 Å². The maximum Gasteiger partial charge on any atom is 0.0994 e. The molecule has 0 aliphatic heterocycles. The van der Waals surface area contributed by atoms with Gasteiger partial charge < -0.3 is 5.73 Å². The Labute approximate surface area is 121 Å². The largest absolute Gasteiger partial charge is 0.325 e. The van der Waals surface area contributed by atoms with Crippen molar-refractivity contribution in [3.8, 4) is 0 Å². The Kier molecular flexibility index (Phi) is 5.30. The van der Waals surface area contributed by atoms with Gasteiger partial charge in [-0.2, -0.15) is 0 Å². The number of nitrogens with two attached hydrogens (primary N) is 1. The number of rotatable bonds is 7. The van der Waals surface area contributed by atoms with Crippen molar-refractivity contribution in [2.45, 2.75) is 46.2 Å². The quantitative estimate of drug-likeness (QED) is 0.842. The molecular weight excluding hydrogens is 248 g/mol. The zero-order valence-electron chi connectivity index (χ0n) is 12.4. The highest BCUT2D eigenvalue weighted by Crippen LogP contribution is 2.13. The maximum absolute atomic E-state index is 5.74. The van der Waals surface area contributed by atoms with Crippen LogP contribution in [0.4, 0.5) is 0 Å². The topological polar surface area (TPSA) is 56.7 Å². The van der Waals surface area contributed by atoms with Crippen LogP contribution >= 0.6 is 0 Å². The summed E-state index contributed by atoms with van der Waals surface area (Å²) in [6.07, 6.45) is 3.13. The predicted octanol–water partition coefficient (Wildman–Crippen LogP) is 2.57. The normalized spacial score (nSPS) is 11.2. The fourth-order valence-electron chi connectivity index (χ4n) is 2.39. The summed E-state index contributed by atoms with van der Waals surface area (Å²) in [5.74, 6) is 0.590. The average molecular weight is 272 g/mol. The van der Waals surface area contributed by atoms with Crippen molar-refractivity contribution in [3.63, 3.8) is 0 Å². The maximum atomic E-state index is 5.74. The molecule has 4 nitrogen and oxygen atoms in total. The van der Waals surface area contributed by atoms with Gasteiger partial charge in [-0.05, 0) is 30.7 Å². The summed E-state index contributed by atoms with van der Waals surface area (Å²) in [5.41, 5.74) is 9.26. The van der Waals surface area contributed by atoms with Gasteiger partial charge in [0.15, 0.2) is 0 Å². The van der Waals surface area contributed by atoms with E-state index in [1.54, 1.807) is 0 Å². The predicted molar refractivity (Wildman–Crippen MR) is 81.2 cm³/mol. The van der Waals surface area contributed by atoms with E-state index < -0.39 is 0 Å². The highest BCUT2D eigenvalue weighted by molar-refractivity contribution is 5.15. The molecule has 0 saturated carbocycles. The van der Waals surface area contributed by atoms with E-state index in [1.165, 1.54) is 11.3 Å². The van der Waals surface area contributed by atoms with E-state index >= 15 is 0 Å². The lowest BCUT2D eigenvalue weighted by molar-refractivity contribution is 0.514. The molecule has 0 fully saturated rings. The smallest absolute Gasteiger partial charge is 0.0994 e. The van der Waals surface area contributed by atoms with E-state index in [0.29, 0.717) is 12.5 Å². The Hall–Kier alpha value is -1.68. The summed E-state index contributed by atoms with van der Waals surface area (Å²) < 4.78 is 2.03. The van der Waals surface area contributed by atoms with E-state index in [-0.39, 0.29) is 0 Å². The highest BCUT2D eigenvalue weighted by atomic mass is 15.4. The van der Waals surface area contributed by atoms with E-state index in [0.717, 1.165) is 31.5 Å². The standard InChI is InChI=1S/C16H24N4/c1-13(2)11-16-15(12-17)18-19-20(16)10-6-9-14-7-4-3-5-8-14/h3-5,7-8,13H,6,9-12,17H2,1-2H3. The van der Waals surface area contributed by atoms with E-state index in [2.05, 4.69) is 54.5 Å². The summed E-state index contributed by atoms with van der Waals surface area (Å²) >= 11 is 0. The van der Waals surface area contributed by atoms with E-state index in [4.69, 9.17) is 5.73 Å². The molecular formula is C16H24N4. The summed E-state index contributed by atoms with van der Waals surface area (Å²) in [6.45, 7) is 5.80. The molecule has 0 unspecified atom stereocenters. The van der Waals surface area contributed by atoms with Gasteiger partial charge in [-0.3, -0.25) is 0 Å². The third-order valence-corrected chi connectivity index (χ3v) is 3.39. The fourth-order valence-corrected chi connectivity index (χ4v) is 2.39. The molecule has 0 spiro atoms. The van der Waals surface area contributed by atoms with Gasteiger partial charge in [0.05, 0.1) is 11.4 Å². The second-order valence-corrected chi connectivity index (χ2v) is 5.60. The van der Waals surface area contributed by atoms with Crippen LogP contribution in [0.15, 0.2) is 30.3 Å². The molecule has 1 aromatic carbocycles. The second-order valence-electron chi connectivity index (χ2n) is 5.60. The minimum absolute atomic E-state index is 0.473. The molecule has 0 aliphatic carbocycles. The van der Waals surface area contributed by atoms with Crippen molar-refractivity contribution in [2.24, 2.45) is 11.7 Å². The summed E-state index contributed by atoms with van der Waals surface area (Å²) in [6, 6.07) is 10.6. The summed E-state index contributed by atoms with van der Waals surface area (Å²) in [4.78, 5) is 0. The molecule has 0 radical (unpaired) electrons. The molecule has 0 atom stereocenters. The number of aromatic nitrogens is 3. The average Bonchev–Trinajstić information content (AvgIpc) is 2.82. The fraction of sp³-hybridized carbons (Fsp3) is 0.500. The first-order chi connectivity index (χ1) is 9.70. The first kappa shape index (κ1) is 14.7. The third kappa shape index (κ3) is 3.90. The van der Waals surface area contributed by atoms with Gasteiger partial charge in [0, 0.05) is 13.1 Å². The van der Waals surface area contributed by atoms with Crippen molar-refractivity contribution >= 4 is 0 Å². The van der Waals surface area contributed by atoms with Crippen LogP contribution < -0.4 is 5.73 Å². The number of benzene rings is 1. The molecule has 20 heavy (non-hydrogen) atoms. The van der Waals surface area contributed by atoms with Crippen molar-refractivity contribution < 1.29 is 0 Å². The monoisotopic (exact) mass is 272 g/mol. The second kappa shape index (κ2) is 7.20. The number of hydrogen-bond acceptors (Lipinski definition) is 3. The van der Waals surface area contributed by atoms with Gasteiger partial charge in [-0.1, -0.05) is 49.4 Å². The molecule has 2 aromatic rings. The van der Waals surface area contributed by atoms with Crippen LogP contribution in [0, 0.1) is 5.92 Å². The Balaban J connectivity index is 1.97. The van der Waals surface area contributed by atoms with Crippen LogP contribution in [0.25, 0.3) is 0 Å². The third-order valence-electron chi connectivity index (χ3n) is 3.39. The number of nitrogens with zero attached hydrogens (tertiary/aromatic N) is 3. The molecule has 0 amide bonds. The minimum atomic E-state index is 0.473. The van der Waals surface area contributed by atoms with Crippen LogP contribution in [-0.4, -0.2) is 15.0 Å². The molecule has 0 aliphatic rings. The SMILES string of the molecule is CC(C)Cc1c(CN)nnn1CCCc1ccccc1. The Morgan fingerprint density at radius 2 is 1.95 bits per heavy atom. The highest BCUT2D eigenvalue weighted by Gasteiger charge is 2.12. The first-order valence-electron chi connectivity index (χ1n) is 7.36.